The van der Waals surface area contributed by atoms with Crippen LogP contribution in [-0.4, -0.2) is 39.6 Å². The third-order valence-corrected chi connectivity index (χ3v) is 4.99. The van der Waals surface area contributed by atoms with Crippen LogP contribution in [0, 0.1) is 12.7 Å². The molecule has 0 fully saturated rings. The lowest BCUT2D eigenvalue weighted by atomic mass is 9.96. The SMILES string of the molecule is Cc1ccc(F)cc1Cc1cnnc(-c2nccc3c2CCN(C)C3=O)c1. The highest BCUT2D eigenvalue weighted by Gasteiger charge is 2.25. The van der Waals surface area contributed by atoms with Crippen molar-refractivity contribution in [1.29, 1.82) is 0 Å². The molecule has 0 unspecified atom stereocenters. The highest BCUT2D eigenvalue weighted by atomic mass is 19.1. The molecule has 5 nitrogen and oxygen atoms in total. The van der Waals surface area contributed by atoms with Gasteiger partial charge in [-0.05, 0) is 66.3 Å². The van der Waals surface area contributed by atoms with Gasteiger partial charge in [0.25, 0.3) is 5.91 Å². The molecule has 1 aliphatic heterocycles. The van der Waals surface area contributed by atoms with Crippen LogP contribution in [0.25, 0.3) is 11.4 Å². The molecule has 0 bridgehead atoms. The largest absolute Gasteiger partial charge is 0.341 e. The predicted octanol–water partition coefficient (Wildman–Crippen LogP) is 3.21. The molecule has 0 saturated carbocycles. The minimum absolute atomic E-state index is 0.000556. The van der Waals surface area contributed by atoms with Crippen LogP contribution in [0.1, 0.15) is 32.6 Å². The average Bonchev–Trinajstić information content (AvgIpc) is 2.67. The van der Waals surface area contributed by atoms with Crippen molar-refractivity contribution in [2.75, 3.05) is 13.6 Å². The predicted molar refractivity (Wildman–Crippen MR) is 99.9 cm³/mol. The van der Waals surface area contributed by atoms with Gasteiger partial charge in [-0.1, -0.05) is 6.07 Å². The van der Waals surface area contributed by atoms with Crippen molar-refractivity contribution >= 4 is 5.91 Å². The molecule has 0 spiro atoms. The van der Waals surface area contributed by atoms with E-state index in [2.05, 4.69) is 15.2 Å². The monoisotopic (exact) mass is 362 g/mol. The zero-order valence-corrected chi connectivity index (χ0v) is 15.2. The molecule has 27 heavy (non-hydrogen) atoms. The van der Waals surface area contributed by atoms with E-state index >= 15 is 0 Å². The molecular weight excluding hydrogens is 343 g/mol. The van der Waals surface area contributed by atoms with Crippen LogP contribution in [0.15, 0.2) is 42.7 Å². The van der Waals surface area contributed by atoms with Gasteiger partial charge in [-0.3, -0.25) is 9.78 Å². The average molecular weight is 362 g/mol. The van der Waals surface area contributed by atoms with E-state index in [1.54, 1.807) is 42.5 Å². The van der Waals surface area contributed by atoms with Gasteiger partial charge in [-0.25, -0.2) is 4.39 Å². The number of carbonyl (C=O) groups excluding carboxylic acids is 1. The van der Waals surface area contributed by atoms with E-state index in [0.717, 1.165) is 28.7 Å². The fourth-order valence-electron chi connectivity index (χ4n) is 3.42. The fraction of sp³-hybridized carbons (Fsp3) is 0.238. The third kappa shape index (κ3) is 3.30. The van der Waals surface area contributed by atoms with Gasteiger partial charge in [0.05, 0.1) is 11.9 Å². The number of aryl methyl sites for hydroxylation is 1. The quantitative estimate of drug-likeness (QED) is 0.718. The van der Waals surface area contributed by atoms with Gasteiger partial charge in [-0.2, -0.15) is 5.10 Å². The van der Waals surface area contributed by atoms with Crippen molar-refractivity contribution in [3.05, 3.63) is 76.4 Å². The third-order valence-electron chi connectivity index (χ3n) is 4.99. The summed E-state index contributed by atoms with van der Waals surface area (Å²) in [5.41, 5.74) is 5.77. The molecule has 1 amide bonds. The number of likely N-dealkylation sites (N-methyl/N-ethyl adjacent to an activating group) is 1. The summed E-state index contributed by atoms with van der Waals surface area (Å²) >= 11 is 0. The number of carbonyl (C=O) groups is 1. The molecule has 3 heterocycles. The number of rotatable bonds is 3. The maximum atomic E-state index is 13.6. The van der Waals surface area contributed by atoms with E-state index in [1.807, 2.05) is 13.0 Å². The Balaban J connectivity index is 1.72. The van der Waals surface area contributed by atoms with Crippen LogP contribution in [0.5, 0.6) is 0 Å². The first-order valence-corrected chi connectivity index (χ1v) is 8.83. The first kappa shape index (κ1) is 17.3. The lowest BCUT2D eigenvalue weighted by Gasteiger charge is -2.25. The second-order valence-electron chi connectivity index (χ2n) is 6.86. The molecule has 1 aliphatic rings. The van der Waals surface area contributed by atoms with Crippen LogP contribution >= 0.6 is 0 Å². The number of amides is 1. The number of fused-ring (bicyclic) bond motifs is 1. The Hall–Kier alpha value is -3.15. The van der Waals surface area contributed by atoms with Crippen LogP contribution < -0.4 is 0 Å². The van der Waals surface area contributed by atoms with Crippen molar-refractivity contribution in [3.8, 4) is 11.4 Å². The van der Waals surface area contributed by atoms with Gasteiger partial charge >= 0.3 is 0 Å². The van der Waals surface area contributed by atoms with Gasteiger partial charge in [0.2, 0.25) is 0 Å². The van der Waals surface area contributed by atoms with Gasteiger partial charge in [0, 0.05) is 25.4 Å². The van der Waals surface area contributed by atoms with Crippen LogP contribution in [0.4, 0.5) is 4.39 Å². The molecule has 136 valence electrons. The summed E-state index contributed by atoms with van der Waals surface area (Å²) in [6.07, 6.45) is 4.61. The normalized spacial score (nSPS) is 13.6. The summed E-state index contributed by atoms with van der Waals surface area (Å²) in [4.78, 5) is 18.6. The van der Waals surface area contributed by atoms with E-state index in [1.165, 1.54) is 6.07 Å². The number of halogens is 1. The molecule has 0 atom stereocenters. The Morgan fingerprint density at radius 3 is 2.93 bits per heavy atom. The highest BCUT2D eigenvalue weighted by molar-refractivity contribution is 5.98. The van der Waals surface area contributed by atoms with Crippen molar-refractivity contribution in [2.45, 2.75) is 19.8 Å². The maximum Gasteiger partial charge on any atom is 0.254 e. The molecule has 0 saturated heterocycles. The van der Waals surface area contributed by atoms with Crippen molar-refractivity contribution in [2.24, 2.45) is 0 Å². The maximum absolute atomic E-state index is 13.6. The number of nitrogens with zero attached hydrogens (tertiary/aromatic N) is 4. The highest BCUT2D eigenvalue weighted by Crippen LogP contribution is 2.27. The number of hydrogen-bond donors (Lipinski definition) is 0. The number of hydrogen-bond acceptors (Lipinski definition) is 4. The molecular formula is C21H19FN4O. The number of benzene rings is 1. The lowest BCUT2D eigenvalue weighted by molar-refractivity contribution is 0.0781. The minimum atomic E-state index is -0.251. The van der Waals surface area contributed by atoms with Crippen LogP contribution in [-0.2, 0) is 12.8 Å². The Bertz CT molecular complexity index is 1030. The van der Waals surface area contributed by atoms with E-state index in [0.29, 0.717) is 29.9 Å². The first-order valence-electron chi connectivity index (χ1n) is 8.83. The summed E-state index contributed by atoms with van der Waals surface area (Å²) in [6.45, 7) is 2.61. The molecule has 4 rings (SSSR count). The van der Waals surface area contributed by atoms with Crippen molar-refractivity contribution in [3.63, 3.8) is 0 Å². The van der Waals surface area contributed by atoms with Gasteiger partial charge in [-0.15, -0.1) is 5.10 Å². The minimum Gasteiger partial charge on any atom is -0.341 e. The van der Waals surface area contributed by atoms with Crippen molar-refractivity contribution in [1.82, 2.24) is 20.1 Å². The van der Waals surface area contributed by atoms with Crippen LogP contribution in [0.2, 0.25) is 0 Å². The van der Waals surface area contributed by atoms with E-state index in [-0.39, 0.29) is 11.7 Å². The second-order valence-corrected chi connectivity index (χ2v) is 6.86. The molecule has 3 aromatic rings. The molecule has 1 aromatic carbocycles. The van der Waals surface area contributed by atoms with Crippen molar-refractivity contribution < 1.29 is 9.18 Å². The molecule has 0 aliphatic carbocycles. The summed E-state index contributed by atoms with van der Waals surface area (Å²) in [5.74, 6) is -0.251. The Kier molecular flexibility index (Phi) is 4.39. The van der Waals surface area contributed by atoms with E-state index in [9.17, 15) is 9.18 Å². The lowest BCUT2D eigenvalue weighted by Crippen LogP contribution is -2.34. The zero-order chi connectivity index (χ0) is 19.0. The Morgan fingerprint density at radius 1 is 1.22 bits per heavy atom. The topological polar surface area (TPSA) is 59.0 Å². The summed E-state index contributed by atoms with van der Waals surface area (Å²) in [7, 11) is 1.80. The summed E-state index contributed by atoms with van der Waals surface area (Å²) < 4.78 is 13.6. The standard InChI is InChI=1S/C21H19FN4O/c1-13-3-4-16(22)11-15(13)9-14-10-19(25-24-12-14)20-17-6-8-26(2)21(27)18(17)5-7-23-20/h3-5,7,10-12H,6,8-9H2,1-2H3. The smallest absolute Gasteiger partial charge is 0.254 e. The molecule has 6 heteroatoms. The molecule has 0 N–H and O–H groups in total. The number of aromatic nitrogens is 3. The second kappa shape index (κ2) is 6.87. The molecule has 2 aromatic heterocycles. The Morgan fingerprint density at radius 2 is 2.07 bits per heavy atom. The zero-order valence-electron chi connectivity index (χ0n) is 15.2. The molecule has 0 radical (unpaired) electrons. The van der Waals surface area contributed by atoms with E-state index < -0.39 is 0 Å². The number of pyridine rings is 1. The van der Waals surface area contributed by atoms with Crippen LogP contribution in [0.3, 0.4) is 0 Å². The Labute approximate surface area is 156 Å². The van der Waals surface area contributed by atoms with E-state index in [4.69, 9.17) is 0 Å². The summed E-state index contributed by atoms with van der Waals surface area (Å²) in [5, 5.41) is 8.35. The van der Waals surface area contributed by atoms with Gasteiger partial charge in [0.1, 0.15) is 11.5 Å². The van der Waals surface area contributed by atoms with Gasteiger partial charge < -0.3 is 4.90 Å². The summed E-state index contributed by atoms with van der Waals surface area (Å²) in [6, 6.07) is 8.46. The first-order chi connectivity index (χ1) is 13.0. The van der Waals surface area contributed by atoms with Gasteiger partial charge in [0.15, 0.2) is 0 Å². The fourth-order valence-corrected chi connectivity index (χ4v) is 3.42.